The van der Waals surface area contributed by atoms with Crippen LogP contribution in [0.25, 0.3) is 10.9 Å². The molecule has 0 saturated carbocycles. The van der Waals surface area contributed by atoms with Crippen molar-refractivity contribution in [1.29, 1.82) is 0 Å². The lowest BCUT2D eigenvalue weighted by Crippen LogP contribution is -2.31. The van der Waals surface area contributed by atoms with Gasteiger partial charge in [0.15, 0.2) is 10.3 Å². The molecule has 1 fully saturated rings. The number of hydrogen-bond acceptors (Lipinski definition) is 7. The Morgan fingerprint density at radius 3 is 2.81 bits per heavy atom. The third kappa shape index (κ3) is 4.16. The van der Waals surface area contributed by atoms with E-state index in [1.54, 1.807) is 22.8 Å². The molecule has 0 spiro atoms. The predicted octanol–water partition coefficient (Wildman–Crippen LogP) is 1.49. The first-order valence-electron chi connectivity index (χ1n) is 8.47. The lowest BCUT2D eigenvalue weighted by atomic mass is 10.2. The van der Waals surface area contributed by atoms with Gasteiger partial charge in [-0.1, -0.05) is 35.7 Å². The molecule has 1 saturated heterocycles. The molecular weight excluding hydrogens is 386 g/mol. The fraction of sp³-hybridized carbons (Fsp3) is 0.353. The van der Waals surface area contributed by atoms with E-state index in [-0.39, 0.29) is 23.1 Å². The van der Waals surface area contributed by atoms with E-state index in [0.29, 0.717) is 40.1 Å². The van der Waals surface area contributed by atoms with Crippen LogP contribution in [0.15, 0.2) is 39.3 Å². The summed E-state index contributed by atoms with van der Waals surface area (Å²) in [6.07, 6.45) is 0. The zero-order valence-electron chi connectivity index (χ0n) is 15.0. The number of carbonyl (C=O) groups excluding carboxylic acids is 2. The van der Waals surface area contributed by atoms with Gasteiger partial charge in [0.1, 0.15) is 0 Å². The van der Waals surface area contributed by atoms with E-state index < -0.39 is 0 Å². The number of amidine groups is 1. The molecule has 1 aliphatic rings. The van der Waals surface area contributed by atoms with Gasteiger partial charge in [-0.2, -0.15) is 0 Å². The molecule has 2 aromatic rings. The Labute approximate surface area is 164 Å². The summed E-state index contributed by atoms with van der Waals surface area (Å²) in [6, 6.07) is 7.15. The van der Waals surface area contributed by atoms with Crippen LogP contribution >= 0.6 is 23.5 Å². The van der Waals surface area contributed by atoms with E-state index in [2.05, 4.69) is 15.5 Å². The first-order chi connectivity index (χ1) is 13.0. The van der Waals surface area contributed by atoms with Gasteiger partial charge in [-0.15, -0.1) is 5.10 Å². The molecular formula is C17H19N5O3S2. The lowest BCUT2D eigenvalue weighted by Gasteiger charge is -2.12. The van der Waals surface area contributed by atoms with E-state index in [0.717, 1.165) is 0 Å². The van der Waals surface area contributed by atoms with Gasteiger partial charge in [0, 0.05) is 13.1 Å². The highest BCUT2D eigenvalue weighted by Crippen LogP contribution is 2.19. The van der Waals surface area contributed by atoms with Gasteiger partial charge in [-0.25, -0.2) is 10.4 Å². The molecule has 27 heavy (non-hydrogen) atoms. The largest absolute Gasteiger partial charge is 0.289 e. The summed E-state index contributed by atoms with van der Waals surface area (Å²) in [5, 5.41) is 5.57. The predicted molar refractivity (Wildman–Crippen MR) is 108 cm³/mol. The molecule has 1 aromatic heterocycles. The molecule has 0 bridgehead atoms. The van der Waals surface area contributed by atoms with Crippen LogP contribution in [0.3, 0.4) is 0 Å². The summed E-state index contributed by atoms with van der Waals surface area (Å²) in [6.45, 7) is 4.69. The van der Waals surface area contributed by atoms with Crippen molar-refractivity contribution in [2.24, 2.45) is 5.10 Å². The van der Waals surface area contributed by atoms with Crippen LogP contribution in [0.2, 0.25) is 0 Å². The quantitative estimate of drug-likeness (QED) is 0.444. The summed E-state index contributed by atoms with van der Waals surface area (Å²) in [5.41, 5.74) is 2.95. The number of para-hydroxylation sites is 1. The van der Waals surface area contributed by atoms with Crippen LogP contribution < -0.4 is 11.0 Å². The highest BCUT2D eigenvalue weighted by molar-refractivity contribution is 8.15. The zero-order chi connectivity index (χ0) is 19.4. The second-order valence-electron chi connectivity index (χ2n) is 5.61. The summed E-state index contributed by atoms with van der Waals surface area (Å²) < 4.78 is 1.55. The number of amides is 2. The second kappa shape index (κ2) is 8.57. The van der Waals surface area contributed by atoms with Gasteiger partial charge >= 0.3 is 0 Å². The molecule has 0 radical (unpaired) electrons. The number of rotatable bonds is 6. The first-order valence-corrected chi connectivity index (χ1v) is 10.4. The van der Waals surface area contributed by atoms with Crippen LogP contribution in [0.5, 0.6) is 0 Å². The molecule has 0 atom stereocenters. The van der Waals surface area contributed by atoms with Gasteiger partial charge in [-0.05, 0) is 26.0 Å². The highest BCUT2D eigenvalue weighted by atomic mass is 32.2. The number of hydrogen-bond donors (Lipinski definition) is 1. The lowest BCUT2D eigenvalue weighted by molar-refractivity contribution is -0.124. The molecule has 1 aromatic carbocycles. The molecule has 142 valence electrons. The summed E-state index contributed by atoms with van der Waals surface area (Å²) in [4.78, 5) is 42.4. The minimum Gasteiger partial charge on any atom is -0.289 e. The molecule has 2 amide bonds. The van der Waals surface area contributed by atoms with Gasteiger partial charge < -0.3 is 0 Å². The maximum Gasteiger partial charge on any atom is 0.262 e. The maximum atomic E-state index is 12.6. The van der Waals surface area contributed by atoms with Crippen molar-refractivity contribution in [1.82, 2.24) is 19.9 Å². The number of carbonyl (C=O) groups is 2. The number of nitrogens with one attached hydrogen (secondary N) is 1. The standard InChI is InChI=1S/C17H19N5O3S2/c1-3-21-14(24)10-27-17(21)20-19-13(23)9-26-16-18-12-8-6-5-7-11(12)15(25)22(16)4-2/h5-8H,3-4,9-10H2,1-2H3,(H,19,23)/b20-17-. The van der Waals surface area contributed by atoms with Crippen molar-refractivity contribution in [3.63, 3.8) is 0 Å². The minimum absolute atomic E-state index is 0.0165. The topological polar surface area (TPSA) is 96.7 Å². The third-order valence-corrected chi connectivity index (χ3v) is 5.86. The van der Waals surface area contributed by atoms with Crippen LogP contribution in [0, 0.1) is 0 Å². The van der Waals surface area contributed by atoms with Crippen molar-refractivity contribution in [3.8, 4) is 0 Å². The number of thioether (sulfide) groups is 2. The summed E-state index contributed by atoms with van der Waals surface area (Å²) in [7, 11) is 0. The Morgan fingerprint density at radius 1 is 1.30 bits per heavy atom. The van der Waals surface area contributed by atoms with Gasteiger partial charge in [-0.3, -0.25) is 23.9 Å². The highest BCUT2D eigenvalue weighted by Gasteiger charge is 2.26. The smallest absolute Gasteiger partial charge is 0.262 e. The Hall–Kier alpha value is -2.33. The number of benzene rings is 1. The average Bonchev–Trinajstić information content (AvgIpc) is 3.04. The number of aromatic nitrogens is 2. The van der Waals surface area contributed by atoms with E-state index in [1.165, 1.54) is 28.4 Å². The average molecular weight is 406 g/mol. The molecule has 10 heteroatoms. The van der Waals surface area contributed by atoms with Crippen molar-refractivity contribution in [3.05, 3.63) is 34.6 Å². The monoisotopic (exact) mass is 405 g/mol. The van der Waals surface area contributed by atoms with Gasteiger partial charge in [0.25, 0.3) is 11.5 Å². The van der Waals surface area contributed by atoms with Crippen molar-refractivity contribution in [2.45, 2.75) is 25.5 Å². The third-order valence-electron chi connectivity index (χ3n) is 3.92. The fourth-order valence-corrected chi connectivity index (χ4v) is 4.36. The fourth-order valence-electron chi connectivity index (χ4n) is 2.60. The Kier molecular flexibility index (Phi) is 6.17. The van der Waals surface area contributed by atoms with Crippen molar-refractivity contribution in [2.75, 3.05) is 18.1 Å². The van der Waals surface area contributed by atoms with Crippen molar-refractivity contribution >= 4 is 51.4 Å². The van der Waals surface area contributed by atoms with E-state index in [4.69, 9.17) is 0 Å². The molecule has 1 aliphatic heterocycles. The Balaban J connectivity index is 1.70. The zero-order valence-corrected chi connectivity index (χ0v) is 16.6. The van der Waals surface area contributed by atoms with Crippen LogP contribution in [0.1, 0.15) is 13.8 Å². The molecule has 1 N–H and O–H groups in total. The molecule has 2 heterocycles. The maximum absolute atomic E-state index is 12.6. The second-order valence-corrected chi connectivity index (χ2v) is 7.49. The van der Waals surface area contributed by atoms with E-state index in [1.807, 2.05) is 19.9 Å². The van der Waals surface area contributed by atoms with Crippen LogP contribution in [0.4, 0.5) is 0 Å². The summed E-state index contributed by atoms with van der Waals surface area (Å²) >= 11 is 2.48. The number of fused-ring (bicyclic) bond motifs is 1. The van der Waals surface area contributed by atoms with Crippen LogP contribution in [-0.2, 0) is 16.1 Å². The number of nitrogens with zero attached hydrogens (tertiary/aromatic N) is 4. The summed E-state index contributed by atoms with van der Waals surface area (Å²) in [5.74, 6) is 0.0543. The first kappa shape index (κ1) is 19.4. The molecule has 0 unspecified atom stereocenters. The molecule has 0 aliphatic carbocycles. The Bertz CT molecular complexity index is 973. The SMILES string of the molecule is CCN1C(=O)CS/C1=N\NC(=O)CSc1nc2ccccc2c(=O)n1CC. The van der Waals surface area contributed by atoms with Gasteiger partial charge in [0.2, 0.25) is 5.91 Å². The normalized spacial score (nSPS) is 15.7. The van der Waals surface area contributed by atoms with Crippen molar-refractivity contribution < 1.29 is 9.59 Å². The van der Waals surface area contributed by atoms with Gasteiger partial charge in [0.05, 0.1) is 22.4 Å². The van der Waals surface area contributed by atoms with E-state index >= 15 is 0 Å². The molecule has 3 rings (SSSR count). The molecule has 8 nitrogen and oxygen atoms in total. The minimum atomic E-state index is -0.325. The van der Waals surface area contributed by atoms with E-state index in [9.17, 15) is 14.4 Å². The number of hydrazone groups is 1. The Morgan fingerprint density at radius 2 is 2.07 bits per heavy atom. The van der Waals surface area contributed by atoms with Crippen LogP contribution in [-0.4, -0.2) is 49.5 Å².